The minimum absolute atomic E-state index is 0. The van der Waals surface area contributed by atoms with Crippen LogP contribution in [0.15, 0.2) is 29.1 Å². The van der Waals surface area contributed by atoms with E-state index in [0.717, 1.165) is 42.4 Å². The van der Waals surface area contributed by atoms with Crippen LogP contribution in [0.2, 0.25) is 0 Å². The molecule has 1 atom stereocenters. The van der Waals surface area contributed by atoms with E-state index in [0.29, 0.717) is 60.3 Å². The second kappa shape index (κ2) is 13.2. The Hall–Kier alpha value is -4.45. The van der Waals surface area contributed by atoms with Crippen LogP contribution in [0.25, 0.3) is 22.3 Å². The summed E-state index contributed by atoms with van der Waals surface area (Å²) in [6.07, 6.45) is 5.37. The molecule has 1 aromatic carbocycles. The summed E-state index contributed by atoms with van der Waals surface area (Å²) in [7, 11) is 1.40. The number of likely N-dealkylation sites (tertiary alicyclic amines) is 2. The molecule has 0 radical (unpaired) electrons. The maximum Gasteiger partial charge on any atom is 0.415 e. The van der Waals surface area contributed by atoms with Gasteiger partial charge in [0.1, 0.15) is 12.4 Å². The van der Waals surface area contributed by atoms with Crippen LogP contribution in [0.3, 0.4) is 0 Å². The smallest absolute Gasteiger partial charge is 0.415 e. The van der Waals surface area contributed by atoms with Crippen LogP contribution in [0.4, 0.5) is 9.59 Å². The topological polar surface area (TPSA) is 132 Å². The van der Waals surface area contributed by atoms with Gasteiger partial charge in [-0.1, -0.05) is 27.7 Å². The molecule has 0 aliphatic carbocycles. The van der Waals surface area contributed by atoms with Crippen molar-refractivity contribution in [3.05, 3.63) is 56.9 Å². The quantitative estimate of drug-likeness (QED) is 0.291. The SMILES string of the molecule is C.CCc1c2c(nc3ccc(OC(=O)N4CCC(N5CCCCC5)CC4)cc13)-c1cc3c(c(=O)n1C2)COC(=O)[C@@]3(CC)OC(=O)NC. The second-order valence-electron chi connectivity index (χ2n) is 12.8. The number of carbonyl (C=O) groups is 3. The van der Waals surface area contributed by atoms with Crippen molar-refractivity contribution in [2.75, 3.05) is 33.2 Å². The van der Waals surface area contributed by atoms with Crippen LogP contribution in [0.5, 0.6) is 5.75 Å². The zero-order valence-electron chi connectivity index (χ0n) is 27.2. The zero-order valence-corrected chi connectivity index (χ0v) is 27.2. The Morgan fingerprint density at radius 1 is 1.04 bits per heavy atom. The van der Waals surface area contributed by atoms with Gasteiger partial charge >= 0.3 is 18.2 Å². The lowest BCUT2D eigenvalue weighted by Gasteiger charge is -2.39. The van der Waals surface area contributed by atoms with Crippen molar-refractivity contribution in [3.8, 4) is 17.1 Å². The van der Waals surface area contributed by atoms with Crippen LogP contribution in [-0.2, 0) is 39.4 Å². The van der Waals surface area contributed by atoms with Gasteiger partial charge in [-0.25, -0.2) is 19.4 Å². The lowest BCUT2D eigenvalue weighted by molar-refractivity contribution is -0.172. The number of pyridine rings is 2. The molecule has 12 heteroatoms. The molecule has 7 rings (SSSR count). The number of amides is 2. The number of esters is 1. The normalized spacial score (nSPS) is 20.6. The van der Waals surface area contributed by atoms with Gasteiger partial charge in [0.2, 0.25) is 5.60 Å². The van der Waals surface area contributed by atoms with Crippen molar-refractivity contribution >= 4 is 29.1 Å². The molecule has 6 heterocycles. The van der Waals surface area contributed by atoms with Crippen molar-refractivity contribution in [2.45, 2.75) is 91.0 Å². The lowest BCUT2D eigenvalue weighted by atomic mass is 9.85. The first-order valence-electron chi connectivity index (χ1n) is 16.8. The average Bonchev–Trinajstić information content (AvgIpc) is 3.47. The molecule has 2 aromatic heterocycles. The molecule has 2 fully saturated rings. The Morgan fingerprint density at radius 3 is 2.48 bits per heavy atom. The van der Waals surface area contributed by atoms with E-state index >= 15 is 0 Å². The Kier molecular flexibility index (Phi) is 9.21. The number of fused-ring (bicyclic) bond motifs is 5. The van der Waals surface area contributed by atoms with Crippen LogP contribution in [0, 0.1) is 0 Å². The summed E-state index contributed by atoms with van der Waals surface area (Å²) in [6, 6.07) is 7.74. The predicted molar refractivity (Wildman–Crippen MR) is 180 cm³/mol. The number of piperidine rings is 2. The minimum Gasteiger partial charge on any atom is -0.457 e. The van der Waals surface area contributed by atoms with Gasteiger partial charge < -0.3 is 33.9 Å². The van der Waals surface area contributed by atoms with Crippen molar-refractivity contribution < 1.29 is 28.6 Å². The molecule has 0 bridgehead atoms. The molecule has 256 valence electrons. The fraction of sp³-hybridized carbons (Fsp3) is 0.528. The first-order chi connectivity index (χ1) is 22.8. The number of carbonyl (C=O) groups excluding carboxylic acids is 3. The fourth-order valence-corrected chi connectivity index (χ4v) is 7.84. The molecule has 0 spiro atoms. The van der Waals surface area contributed by atoms with Crippen molar-refractivity contribution in [2.24, 2.45) is 0 Å². The van der Waals surface area contributed by atoms with Gasteiger partial charge in [0.15, 0.2) is 0 Å². The molecule has 0 unspecified atom stereocenters. The molecule has 12 nitrogen and oxygen atoms in total. The summed E-state index contributed by atoms with van der Waals surface area (Å²) < 4.78 is 18.5. The number of nitrogens with one attached hydrogen (secondary N) is 1. The number of alkyl carbamates (subject to hydrolysis) is 1. The van der Waals surface area contributed by atoms with E-state index in [-0.39, 0.29) is 37.7 Å². The molecule has 1 N–H and O–H groups in total. The third kappa shape index (κ3) is 5.49. The fourth-order valence-electron chi connectivity index (χ4n) is 7.84. The second-order valence-corrected chi connectivity index (χ2v) is 12.8. The molecule has 3 aromatic rings. The van der Waals surface area contributed by atoms with Gasteiger partial charge in [-0.15, -0.1) is 0 Å². The van der Waals surface area contributed by atoms with Crippen LogP contribution in [0.1, 0.15) is 82.1 Å². The number of nitrogens with zero attached hydrogens (tertiary/aromatic N) is 4. The molecule has 0 saturated carbocycles. The lowest BCUT2D eigenvalue weighted by Crippen LogP contribution is -2.48. The monoisotopic (exact) mass is 659 g/mol. The summed E-state index contributed by atoms with van der Waals surface area (Å²) in [5, 5.41) is 3.25. The summed E-state index contributed by atoms with van der Waals surface area (Å²) in [5.41, 5.74) is 2.32. The average molecular weight is 660 g/mol. The number of hydrogen-bond donors (Lipinski definition) is 1. The highest BCUT2D eigenvalue weighted by atomic mass is 16.6. The largest absolute Gasteiger partial charge is 0.457 e. The number of aromatic nitrogens is 2. The van der Waals surface area contributed by atoms with Crippen molar-refractivity contribution in [1.29, 1.82) is 0 Å². The number of ether oxygens (including phenoxy) is 3. The van der Waals surface area contributed by atoms with E-state index in [1.807, 2.05) is 19.1 Å². The first-order valence-corrected chi connectivity index (χ1v) is 16.8. The van der Waals surface area contributed by atoms with E-state index in [1.54, 1.807) is 28.5 Å². The number of hydrogen-bond acceptors (Lipinski definition) is 9. The molecule has 2 saturated heterocycles. The number of benzene rings is 1. The maximum absolute atomic E-state index is 13.9. The van der Waals surface area contributed by atoms with Gasteiger partial charge in [0.05, 0.1) is 29.0 Å². The Bertz CT molecular complexity index is 1820. The van der Waals surface area contributed by atoms with Gasteiger partial charge in [-0.3, -0.25) is 4.79 Å². The van der Waals surface area contributed by atoms with E-state index < -0.39 is 17.7 Å². The molecule has 4 aliphatic rings. The Labute approximate surface area is 280 Å². The van der Waals surface area contributed by atoms with Crippen LogP contribution < -0.4 is 15.6 Å². The van der Waals surface area contributed by atoms with Gasteiger partial charge in [-0.05, 0) is 81.4 Å². The van der Waals surface area contributed by atoms with Gasteiger partial charge in [0, 0.05) is 42.7 Å². The standard InChI is InChI=1S/C35H41N5O7.CH4/c1-4-23-24-17-22(46-34(44)39-15-11-21(12-16-39)38-13-7-6-8-14-38)9-10-28(24)37-30-25(23)19-40-29(30)18-27-26(31(40)41)20-45-32(42)35(27,5-2)47-33(43)36-3;/h9-10,17-18,21H,4-8,11-16,19-20H2,1-3H3,(H,36,43);1H4/t35-;/m0./s1. The van der Waals surface area contributed by atoms with Crippen LogP contribution in [-0.4, -0.2) is 76.8 Å². The third-order valence-corrected chi connectivity index (χ3v) is 10.4. The van der Waals surface area contributed by atoms with E-state index in [4.69, 9.17) is 19.2 Å². The highest BCUT2D eigenvalue weighted by Gasteiger charge is 2.50. The molecule has 4 aliphatic heterocycles. The molecular weight excluding hydrogens is 614 g/mol. The molecule has 48 heavy (non-hydrogen) atoms. The molecule has 2 amide bonds. The molecular formula is C36H45N5O7. The van der Waals surface area contributed by atoms with E-state index in [9.17, 15) is 19.2 Å². The van der Waals surface area contributed by atoms with Gasteiger partial charge in [-0.2, -0.15) is 0 Å². The highest BCUT2D eigenvalue weighted by molar-refractivity contribution is 5.91. The highest BCUT2D eigenvalue weighted by Crippen LogP contribution is 2.42. The summed E-state index contributed by atoms with van der Waals surface area (Å²) in [4.78, 5) is 61.9. The summed E-state index contributed by atoms with van der Waals surface area (Å²) in [6.45, 7) is 7.53. The maximum atomic E-state index is 13.9. The Balaban J connectivity index is 0.00000401. The summed E-state index contributed by atoms with van der Waals surface area (Å²) in [5.74, 6) is -0.261. The third-order valence-electron chi connectivity index (χ3n) is 10.4. The summed E-state index contributed by atoms with van der Waals surface area (Å²) >= 11 is 0. The first kappa shape index (κ1) is 33.5. The number of aryl methyl sites for hydroxylation is 1. The van der Waals surface area contributed by atoms with Gasteiger partial charge in [0.25, 0.3) is 5.56 Å². The zero-order chi connectivity index (χ0) is 32.9. The number of rotatable bonds is 5. The predicted octanol–water partition coefficient (Wildman–Crippen LogP) is 5.09. The minimum atomic E-state index is -1.75. The van der Waals surface area contributed by atoms with Crippen LogP contribution >= 0.6 is 0 Å². The number of cyclic esters (lactones) is 1. The Morgan fingerprint density at radius 2 is 1.79 bits per heavy atom. The van der Waals surface area contributed by atoms with E-state index in [2.05, 4.69) is 10.2 Å². The van der Waals surface area contributed by atoms with E-state index in [1.165, 1.54) is 26.3 Å². The van der Waals surface area contributed by atoms with Crippen molar-refractivity contribution in [1.82, 2.24) is 24.7 Å². The van der Waals surface area contributed by atoms with Crippen molar-refractivity contribution in [3.63, 3.8) is 0 Å².